The van der Waals surface area contributed by atoms with E-state index in [1.54, 1.807) is 0 Å². The molecule has 2 N–H and O–H groups in total. The van der Waals surface area contributed by atoms with Gasteiger partial charge >= 0.3 is 10.2 Å². The molecule has 0 fully saturated rings. The molecule has 0 aromatic rings. The molecule has 0 aromatic heterocycles. The van der Waals surface area contributed by atoms with E-state index in [4.69, 9.17) is 5.73 Å². The van der Waals surface area contributed by atoms with Crippen LogP contribution in [-0.2, 0) is 10.2 Å². The van der Waals surface area contributed by atoms with Crippen LogP contribution >= 0.6 is 0 Å². The van der Waals surface area contributed by atoms with Gasteiger partial charge in [-0.15, -0.1) is 3.89 Å². The van der Waals surface area contributed by atoms with Gasteiger partial charge in [-0.25, -0.2) is 0 Å². The van der Waals surface area contributed by atoms with Gasteiger partial charge in [0.15, 0.2) is 0 Å². The number of hydrogen-bond donors (Lipinski definition) is 1. The summed E-state index contributed by atoms with van der Waals surface area (Å²) in [5.74, 6) is -0.481. The Bertz CT molecular complexity index is 230. The summed E-state index contributed by atoms with van der Waals surface area (Å²) in [5.41, 5.74) is 5.45. The van der Waals surface area contributed by atoms with E-state index in [0.717, 1.165) is 0 Å². The lowest BCUT2D eigenvalue weighted by atomic mass is 9.86. The smallest absolute Gasteiger partial charge is 0.302 e. The molecule has 5 heteroatoms. The van der Waals surface area contributed by atoms with Gasteiger partial charge in [-0.1, -0.05) is 20.8 Å². The van der Waals surface area contributed by atoms with Crippen LogP contribution in [0.4, 0.5) is 3.89 Å². The highest BCUT2D eigenvalue weighted by atomic mass is 32.3. The van der Waals surface area contributed by atoms with E-state index < -0.39 is 16.0 Å². The molecule has 1 atom stereocenters. The molecule has 0 aliphatic carbocycles. The summed E-state index contributed by atoms with van der Waals surface area (Å²) in [6, 6.07) is -0.289. The van der Waals surface area contributed by atoms with Crippen LogP contribution in [0.15, 0.2) is 0 Å². The second kappa shape index (κ2) is 3.70. The predicted molar refractivity (Wildman–Crippen MR) is 46.9 cm³/mol. The van der Waals surface area contributed by atoms with Crippen LogP contribution in [0.5, 0.6) is 0 Å². The minimum Gasteiger partial charge on any atom is -0.327 e. The topological polar surface area (TPSA) is 60.2 Å². The van der Waals surface area contributed by atoms with E-state index in [1.807, 2.05) is 20.8 Å². The van der Waals surface area contributed by atoms with Crippen molar-refractivity contribution in [3.05, 3.63) is 0 Å². The van der Waals surface area contributed by atoms with Crippen molar-refractivity contribution in [3.8, 4) is 0 Å². The van der Waals surface area contributed by atoms with Crippen LogP contribution < -0.4 is 5.73 Å². The van der Waals surface area contributed by atoms with E-state index in [0.29, 0.717) is 0 Å². The molecule has 0 aliphatic rings. The Kier molecular flexibility index (Phi) is 3.65. The predicted octanol–water partition coefficient (Wildman–Crippen LogP) is 1.05. The van der Waals surface area contributed by atoms with Gasteiger partial charge < -0.3 is 5.73 Å². The number of hydrogen-bond acceptors (Lipinski definition) is 3. The van der Waals surface area contributed by atoms with Gasteiger partial charge in [0.05, 0.1) is 5.75 Å². The molecule has 0 saturated heterocycles. The zero-order valence-corrected chi connectivity index (χ0v) is 8.49. The minimum atomic E-state index is -4.36. The number of rotatable bonds is 3. The van der Waals surface area contributed by atoms with Gasteiger partial charge in [0.1, 0.15) is 0 Å². The van der Waals surface area contributed by atoms with Crippen molar-refractivity contribution in [1.82, 2.24) is 0 Å². The highest BCUT2D eigenvalue weighted by Crippen LogP contribution is 2.20. The Morgan fingerprint density at radius 2 is 1.83 bits per heavy atom. The molecule has 0 rings (SSSR count). The van der Waals surface area contributed by atoms with Crippen molar-refractivity contribution >= 4 is 10.2 Å². The van der Waals surface area contributed by atoms with Gasteiger partial charge in [0, 0.05) is 6.04 Å². The summed E-state index contributed by atoms with van der Waals surface area (Å²) in [6.07, 6.45) is 0.169. The highest BCUT2D eigenvalue weighted by Gasteiger charge is 2.22. The molecule has 74 valence electrons. The number of halogens is 1. The Hall–Kier alpha value is -0.160. The Morgan fingerprint density at radius 1 is 1.42 bits per heavy atom. The molecule has 0 heterocycles. The molecule has 0 bridgehead atoms. The standard InChI is InChI=1S/C7H16FNO2S/c1-7(2,3)6(9)4-5-12(8,10)11/h6H,4-5,9H2,1-3H3. The molecule has 0 radical (unpaired) electrons. The van der Waals surface area contributed by atoms with E-state index in [-0.39, 0.29) is 17.9 Å². The SMILES string of the molecule is CC(C)(C)C(N)CCS(=O)(=O)F. The van der Waals surface area contributed by atoms with E-state index in [9.17, 15) is 12.3 Å². The summed E-state index contributed by atoms with van der Waals surface area (Å²) >= 11 is 0. The number of nitrogens with two attached hydrogens (primary N) is 1. The largest absolute Gasteiger partial charge is 0.327 e. The van der Waals surface area contributed by atoms with Crippen LogP contribution in [0.25, 0.3) is 0 Å². The second-order valence-corrected chi connectivity index (χ2v) is 5.49. The molecular weight excluding hydrogens is 181 g/mol. The lowest BCUT2D eigenvalue weighted by Crippen LogP contribution is -2.36. The van der Waals surface area contributed by atoms with Crippen molar-refractivity contribution in [2.24, 2.45) is 11.1 Å². The Balaban J connectivity index is 3.97. The third kappa shape index (κ3) is 5.49. The van der Waals surface area contributed by atoms with Crippen molar-refractivity contribution < 1.29 is 12.3 Å². The summed E-state index contributed by atoms with van der Waals surface area (Å²) in [5, 5.41) is 0. The van der Waals surface area contributed by atoms with E-state index in [1.165, 1.54) is 0 Å². The molecule has 0 aliphatic heterocycles. The fraction of sp³-hybridized carbons (Fsp3) is 1.00. The van der Waals surface area contributed by atoms with Crippen molar-refractivity contribution in [1.29, 1.82) is 0 Å². The highest BCUT2D eigenvalue weighted by molar-refractivity contribution is 7.86. The van der Waals surface area contributed by atoms with Crippen LogP contribution in [-0.4, -0.2) is 20.2 Å². The third-order valence-corrected chi connectivity index (χ3v) is 2.51. The first-order valence-corrected chi connectivity index (χ1v) is 5.36. The molecule has 0 aromatic carbocycles. The van der Waals surface area contributed by atoms with Gasteiger partial charge in [0.25, 0.3) is 0 Å². The maximum Gasteiger partial charge on any atom is 0.302 e. The summed E-state index contributed by atoms with van der Waals surface area (Å²) < 4.78 is 32.3. The fourth-order valence-electron chi connectivity index (χ4n) is 0.701. The Morgan fingerprint density at radius 3 is 2.08 bits per heavy atom. The summed E-state index contributed by atoms with van der Waals surface area (Å²) in [7, 11) is -4.36. The molecule has 0 amide bonds. The van der Waals surface area contributed by atoms with Gasteiger partial charge in [0.2, 0.25) is 0 Å². The minimum absolute atomic E-state index is 0.169. The fourth-order valence-corrected chi connectivity index (χ4v) is 1.24. The average molecular weight is 197 g/mol. The van der Waals surface area contributed by atoms with Crippen molar-refractivity contribution in [2.75, 3.05) is 5.75 Å². The van der Waals surface area contributed by atoms with E-state index >= 15 is 0 Å². The Labute approximate surface area is 73.4 Å². The lowest BCUT2D eigenvalue weighted by Gasteiger charge is -2.26. The van der Waals surface area contributed by atoms with Gasteiger partial charge in [-0.2, -0.15) is 8.42 Å². The molecular formula is C7H16FNO2S. The van der Waals surface area contributed by atoms with Crippen LogP contribution in [0.1, 0.15) is 27.2 Å². The van der Waals surface area contributed by atoms with Crippen molar-refractivity contribution in [3.63, 3.8) is 0 Å². The second-order valence-electron chi connectivity index (χ2n) is 4.00. The monoisotopic (exact) mass is 197 g/mol. The maximum atomic E-state index is 12.1. The first-order valence-electron chi connectivity index (χ1n) is 3.81. The molecule has 12 heavy (non-hydrogen) atoms. The zero-order chi connectivity index (χ0) is 9.99. The van der Waals surface area contributed by atoms with Crippen LogP contribution in [0.2, 0.25) is 0 Å². The normalized spacial score (nSPS) is 16.1. The van der Waals surface area contributed by atoms with Gasteiger partial charge in [-0.05, 0) is 11.8 Å². The molecule has 1 unspecified atom stereocenters. The summed E-state index contributed by atoms with van der Waals surface area (Å²) in [6.45, 7) is 5.67. The third-order valence-electron chi connectivity index (χ3n) is 1.79. The van der Waals surface area contributed by atoms with Crippen LogP contribution in [0, 0.1) is 5.41 Å². The van der Waals surface area contributed by atoms with Crippen LogP contribution in [0.3, 0.4) is 0 Å². The first-order chi connectivity index (χ1) is 5.13. The lowest BCUT2D eigenvalue weighted by molar-refractivity contribution is 0.313. The molecule has 3 nitrogen and oxygen atoms in total. The van der Waals surface area contributed by atoms with Gasteiger partial charge in [-0.3, -0.25) is 0 Å². The first kappa shape index (κ1) is 11.8. The maximum absolute atomic E-state index is 12.1. The van der Waals surface area contributed by atoms with Crippen molar-refractivity contribution in [2.45, 2.75) is 33.2 Å². The van der Waals surface area contributed by atoms with E-state index in [2.05, 4.69) is 0 Å². The quantitative estimate of drug-likeness (QED) is 0.688. The molecule has 0 saturated carbocycles. The average Bonchev–Trinajstić information content (AvgIpc) is 1.78. The zero-order valence-electron chi connectivity index (χ0n) is 7.67. The summed E-state index contributed by atoms with van der Waals surface area (Å²) in [4.78, 5) is 0. The molecule has 0 spiro atoms.